The van der Waals surface area contributed by atoms with Crippen molar-refractivity contribution in [2.75, 3.05) is 6.54 Å². The van der Waals surface area contributed by atoms with Gasteiger partial charge in [-0.25, -0.2) is 0 Å². The molecule has 0 atom stereocenters. The Kier molecular flexibility index (Phi) is 1.78. The lowest BCUT2D eigenvalue weighted by Gasteiger charge is -2.14. The lowest BCUT2D eigenvalue weighted by Crippen LogP contribution is -2.28. The maximum Gasteiger partial charge on any atom is 0.185 e. The van der Waals surface area contributed by atoms with E-state index in [2.05, 4.69) is 29.7 Å². The monoisotopic (exact) mass is 208 g/mol. The van der Waals surface area contributed by atoms with E-state index < -0.39 is 0 Å². The van der Waals surface area contributed by atoms with Crippen LogP contribution in [0.2, 0.25) is 0 Å². The van der Waals surface area contributed by atoms with Crippen molar-refractivity contribution in [3.8, 4) is 11.5 Å². The maximum absolute atomic E-state index is 4.12. The summed E-state index contributed by atoms with van der Waals surface area (Å²) in [6.45, 7) is 2.63. The molecule has 1 aliphatic heterocycles. The summed E-state index contributed by atoms with van der Waals surface area (Å²) >= 11 is 1.33. The number of hydrogen-bond donors (Lipinski definition) is 1. The molecule has 0 aliphatic carbocycles. The third-order valence-corrected chi connectivity index (χ3v) is 2.72. The van der Waals surface area contributed by atoms with E-state index >= 15 is 0 Å². The molecule has 0 fully saturated rings. The van der Waals surface area contributed by atoms with Crippen molar-refractivity contribution in [2.24, 2.45) is 0 Å². The van der Waals surface area contributed by atoms with Gasteiger partial charge >= 0.3 is 0 Å². The first kappa shape index (κ1) is 8.01. The highest BCUT2D eigenvalue weighted by Crippen LogP contribution is 2.17. The lowest BCUT2D eigenvalue weighted by atomic mass is 10.4. The van der Waals surface area contributed by atoms with Gasteiger partial charge in [-0.1, -0.05) is 4.49 Å². The molecule has 0 saturated heterocycles. The highest BCUT2D eigenvalue weighted by Gasteiger charge is 2.17. The summed E-state index contributed by atoms with van der Waals surface area (Å²) in [7, 11) is 0. The summed E-state index contributed by atoms with van der Waals surface area (Å²) in [6.07, 6.45) is 0. The fourth-order valence-corrected chi connectivity index (χ4v) is 1.98. The van der Waals surface area contributed by atoms with Crippen LogP contribution >= 0.6 is 11.5 Å². The third kappa shape index (κ3) is 1.13. The van der Waals surface area contributed by atoms with E-state index in [1.54, 1.807) is 0 Å². The average molecular weight is 208 g/mol. The van der Waals surface area contributed by atoms with E-state index in [0.29, 0.717) is 0 Å². The van der Waals surface area contributed by atoms with Gasteiger partial charge < -0.3 is 9.88 Å². The fourth-order valence-electron chi connectivity index (χ4n) is 1.54. The Hall–Kier alpha value is -1.34. The number of nitrogens with zero attached hydrogens (tertiary/aromatic N) is 5. The first-order valence-electron chi connectivity index (χ1n) is 4.35. The molecule has 3 rings (SSSR count). The van der Waals surface area contributed by atoms with Crippen LogP contribution in [0.4, 0.5) is 0 Å². The molecule has 0 radical (unpaired) electrons. The number of hydrogen-bond acceptors (Lipinski definition) is 6. The minimum absolute atomic E-state index is 0.782. The SMILES string of the molecule is c1snnc1-c1nnc2n1CCNC2. The van der Waals surface area contributed by atoms with E-state index in [-0.39, 0.29) is 0 Å². The second-order valence-corrected chi connectivity index (χ2v) is 3.67. The molecule has 1 N–H and O–H groups in total. The second kappa shape index (κ2) is 3.10. The van der Waals surface area contributed by atoms with Crippen molar-refractivity contribution in [2.45, 2.75) is 13.1 Å². The Morgan fingerprint density at radius 1 is 1.36 bits per heavy atom. The molecule has 2 aromatic heterocycles. The van der Waals surface area contributed by atoms with E-state index in [9.17, 15) is 0 Å². The minimum atomic E-state index is 0.782. The van der Waals surface area contributed by atoms with Gasteiger partial charge in [-0.3, -0.25) is 0 Å². The van der Waals surface area contributed by atoms with Crippen LogP contribution < -0.4 is 5.32 Å². The van der Waals surface area contributed by atoms with Crippen molar-refractivity contribution < 1.29 is 0 Å². The largest absolute Gasteiger partial charge is 0.308 e. The van der Waals surface area contributed by atoms with Crippen molar-refractivity contribution in [3.63, 3.8) is 0 Å². The normalized spacial score (nSPS) is 15.4. The number of rotatable bonds is 1. The molecular weight excluding hydrogens is 200 g/mol. The van der Waals surface area contributed by atoms with Crippen LogP contribution in [0.15, 0.2) is 5.38 Å². The van der Waals surface area contributed by atoms with Crippen LogP contribution in [-0.2, 0) is 13.1 Å². The van der Waals surface area contributed by atoms with Crippen LogP contribution in [0.25, 0.3) is 11.5 Å². The molecule has 0 bridgehead atoms. The van der Waals surface area contributed by atoms with Crippen LogP contribution in [-0.4, -0.2) is 30.9 Å². The molecule has 0 aromatic carbocycles. The lowest BCUT2D eigenvalue weighted by molar-refractivity contribution is 0.508. The van der Waals surface area contributed by atoms with Crippen LogP contribution in [0.1, 0.15) is 5.82 Å². The number of nitrogens with one attached hydrogen (secondary N) is 1. The summed E-state index contributed by atoms with van der Waals surface area (Å²) < 4.78 is 5.91. The molecule has 0 unspecified atom stereocenters. The van der Waals surface area contributed by atoms with Gasteiger partial charge in [-0.15, -0.1) is 15.3 Å². The first-order valence-corrected chi connectivity index (χ1v) is 5.19. The molecule has 0 saturated carbocycles. The standard InChI is InChI=1S/C7H8N6S/c1-2-13-6(3-8-1)10-11-7(13)5-4-14-12-9-5/h4,8H,1-3H2. The van der Waals surface area contributed by atoms with Crippen molar-refractivity contribution in [1.82, 2.24) is 29.7 Å². The quantitative estimate of drug-likeness (QED) is 0.708. The van der Waals surface area contributed by atoms with E-state index in [1.165, 1.54) is 11.5 Å². The van der Waals surface area contributed by atoms with Gasteiger partial charge in [-0.2, -0.15) is 0 Å². The van der Waals surface area contributed by atoms with Gasteiger partial charge in [0.1, 0.15) is 11.5 Å². The van der Waals surface area contributed by atoms with Gasteiger partial charge in [0.2, 0.25) is 0 Å². The van der Waals surface area contributed by atoms with Gasteiger partial charge in [0.25, 0.3) is 0 Å². The van der Waals surface area contributed by atoms with Gasteiger partial charge in [-0.05, 0) is 11.5 Å². The molecule has 3 heterocycles. The van der Waals surface area contributed by atoms with Gasteiger partial charge in [0, 0.05) is 18.5 Å². The number of aromatic nitrogens is 5. The summed E-state index contributed by atoms with van der Waals surface area (Å²) in [5.74, 6) is 1.80. The zero-order chi connectivity index (χ0) is 9.38. The number of fused-ring (bicyclic) bond motifs is 1. The molecule has 7 heteroatoms. The predicted octanol–water partition coefficient (Wildman–Crippen LogP) is -0.100. The van der Waals surface area contributed by atoms with Crippen LogP contribution in [0, 0.1) is 0 Å². The second-order valence-electron chi connectivity index (χ2n) is 3.06. The summed E-state index contributed by atoms with van der Waals surface area (Å²) in [6, 6.07) is 0. The van der Waals surface area contributed by atoms with E-state index in [1.807, 2.05) is 5.38 Å². The molecule has 72 valence electrons. The Balaban J connectivity index is 2.11. The topological polar surface area (TPSA) is 68.5 Å². The van der Waals surface area contributed by atoms with Gasteiger partial charge in [0.15, 0.2) is 5.82 Å². The predicted molar refractivity (Wildman–Crippen MR) is 50.6 cm³/mol. The molecule has 14 heavy (non-hydrogen) atoms. The smallest absolute Gasteiger partial charge is 0.185 e. The molecular formula is C7H8N6S. The highest BCUT2D eigenvalue weighted by atomic mass is 32.1. The Morgan fingerprint density at radius 3 is 3.21 bits per heavy atom. The van der Waals surface area contributed by atoms with Crippen LogP contribution in [0.5, 0.6) is 0 Å². The summed E-state index contributed by atoms with van der Waals surface area (Å²) in [5, 5.41) is 17.3. The third-order valence-electron chi connectivity index (χ3n) is 2.21. The van der Waals surface area contributed by atoms with Crippen molar-refractivity contribution in [1.29, 1.82) is 0 Å². The Bertz CT molecular complexity index is 433. The van der Waals surface area contributed by atoms with Crippen LogP contribution in [0.3, 0.4) is 0 Å². The summed E-state index contributed by atoms with van der Waals surface area (Å²) in [4.78, 5) is 0. The Morgan fingerprint density at radius 2 is 2.36 bits per heavy atom. The summed E-state index contributed by atoms with van der Waals surface area (Å²) in [5.41, 5.74) is 0.815. The zero-order valence-corrected chi connectivity index (χ0v) is 8.16. The van der Waals surface area contributed by atoms with Crippen molar-refractivity contribution >= 4 is 11.5 Å². The molecule has 1 aliphatic rings. The minimum Gasteiger partial charge on any atom is -0.308 e. The highest BCUT2D eigenvalue weighted by molar-refractivity contribution is 7.03. The van der Waals surface area contributed by atoms with E-state index in [4.69, 9.17) is 0 Å². The maximum atomic E-state index is 4.12. The molecule has 6 nitrogen and oxygen atoms in total. The van der Waals surface area contributed by atoms with Crippen molar-refractivity contribution in [3.05, 3.63) is 11.2 Å². The fraction of sp³-hybridized carbons (Fsp3) is 0.429. The average Bonchev–Trinajstić information content (AvgIpc) is 2.85. The van der Waals surface area contributed by atoms with Gasteiger partial charge in [0.05, 0.1) is 6.54 Å². The zero-order valence-electron chi connectivity index (χ0n) is 7.34. The molecule has 0 spiro atoms. The van der Waals surface area contributed by atoms with E-state index in [0.717, 1.165) is 37.0 Å². The first-order chi connectivity index (χ1) is 6.95. The molecule has 0 amide bonds. The Labute approximate surface area is 84.1 Å². The molecule has 2 aromatic rings.